The van der Waals surface area contributed by atoms with Crippen LogP contribution in [0.15, 0.2) is 24.3 Å². The second-order valence-electron chi connectivity index (χ2n) is 7.32. The molecule has 0 radical (unpaired) electrons. The van der Waals surface area contributed by atoms with E-state index < -0.39 is 10.0 Å². The molecular weight excluding hydrogens is 366 g/mol. The van der Waals surface area contributed by atoms with Crippen molar-refractivity contribution in [2.24, 2.45) is 5.92 Å². The molecule has 27 heavy (non-hydrogen) atoms. The summed E-state index contributed by atoms with van der Waals surface area (Å²) in [4.78, 5) is 26.6. The molecule has 148 valence electrons. The summed E-state index contributed by atoms with van der Waals surface area (Å²) in [5.74, 6) is -0.419. The highest BCUT2D eigenvalue weighted by molar-refractivity contribution is 7.89. The number of nitrogens with one attached hydrogen (secondary N) is 1. The van der Waals surface area contributed by atoms with Crippen LogP contribution in [0.3, 0.4) is 0 Å². The van der Waals surface area contributed by atoms with Crippen LogP contribution in [0.5, 0.6) is 0 Å². The summed E-state index contributed by atoms with van der Waals surface area (Å²) in [6.45, 7) is 4.88. The van der Waals surface area contributed by atoms with Gasteiger partial charge in [-0.2, -0.15) is 0 Å². The number of piperidine rings is 1. The Morgan fingerprint density at radius 2 is 1.81 bits per heavy atom. The number of sulfonamides is 1. The molecule has 2 aliphatic heterocycles. The minimum atomic E-state index is -3.17. The van der Waals surface area contributed by atoms with Crippen molar-refractivity contribution in [3.8, 4) is 0 Å². The lowest BCUT2D eigenvalue weighted by Gasteiger charge is -2.31. The van der Waals surface area contributed by atoms with E-state index in [9.17, 15) is 18.0 Å². The van der Waals surface area contributed by atoms with Gasteiger partial charge in [-0.15, -0.1) is 0 Å². The fourth-order valence-corrected chi connectivity index (χ4v) is 4.77. The van der Waals surface area contributed by atoms with Gasteiger partial charge in [-0.05, 0) is 38.8 Å². The average Bonchev–Trinajstić information content (AvgIpc) is 3.05. The van der Waals surface area contributed by atoms with Crippen molar-refractivity contribution in [3.63, 3.8) is 0 Å². The quantitative estimate of drug-likeness (QED) is 0.816. The molecule has 0 bridgehead atoms. The van der Waals surface area contributed by atoms with Crippen LogP contribution in [0.25, 0.3) is 0 Å². The van der Waals surface area contributed by atoms with Gasteiger partial charge < -0.3 is 10.2 Å². The predicted molar refractivity (Wildman–Crippen MR) is 104 cm³/mol. The van der Waals surface area contributed by atoms with Crippen LogP contribution < -0.4 is 10.2 Å². The smallest absolute Gasteiger partial charge is 0.227 e. The molecule has 2 saturated heterocycles. The van der Waals surface area contributed by atoms with Gasteiger partial charge in [0.1, 0.15) is 0 Å². The molecule has 1 aromatic carbocycles. The van der Waals surface area contributed by atoms with Gasteiger partial charge in [0, 0.05) is 37.8 Å². The molecule has 2 amide bonds. The molecule has 1 unspecified atom stereocenters. The molecule has 2 aliphatic rings. The minimum absolute atomic E-state index is 0.0377. The zero-order valence-corrected chi connectivity index (χ0v) is 16.7. The highest BCUT2D eigenvalue weighted by Crippen LogP contribution is 2.26. The number of hydrogen-bond acceptors (Lipinski definition) is 4. The fraction of sp³-hybridized carbons (Fsp3) is 0.579. The Hall–Kier alpha value is -1.93. The van der Waals surface area contributed by atoms with Gasteiger partial charge in [0.25, 0.3) is 0 Å². The Labute approximate surface area is 160 Å². The van der Waals surface area contributed by atoms with Crippen LogP contribution in [-0.4, -0.2) is 56.0 Å². The number of rotatable bonds is 5. The number of carbonyl (C=O) groups excluding carboxylic acids is 2. The van der Waals surface area contributed by atoms with E-state index in [1.807, 2.05) is 31.2 Å². The van der Waals surface area contributed by atoms with Gasteiger partial charge in [-0.1, -0.05) is 17.7 Å². The van der Waals surface area contributed by atoms with Crippen molar-refractivity contribution >= 4 is 27.5 Å². The zero-order valence-electron chi connectivity index (χ0n) is 15.8. The molecule has 1 aromatic rings. The third kappa shape index (κ3) is 4.50. The molecule has 0 spiro atoms. The first-order valence-corrected chi connectivity index (χ1v) is 11.1. The van der Waals surface area contributed by atoms with Crippen molar-refractivity contribution in [3.05, 3.63) is 29.8 Å². The van der Waals surface area contributed by atoms with Crippen molar-refractivity contribution in [1.29, 1.82) is 0 Å². The van der Waals surface area contributed by atoms with E-state index in [4.69, 9.17) is 0 Å². The van der Waals surface area contributed by atoms with Crippen LogP contribution in [0.2, 0.25) is 0 Å². The first-order valence-electron chi connectivity index (χ1n) is 9.45. The molecule has 3 rings (SSSR count). The molecule has 2 fully saturated rings. The maximum Gasteiger partial charge on any atom is 0.227 e. The summed E-state index contributed by atoms with van der Waals surface area (Å²) in [6.07, 6.45) is 1.42. The van der Waals surface area contributed by atoms with Crippen LogP contribution in [0.4, 0.5) is 5.69 Å². The standard InChI is InChI=1S/C19H27N3O4S/c1-3-27(25,26)21-10-8-16(9-11-21)20-19(24)15-12-18(23)22(13-15)17-6-4-14(2)5-7-17/h4-7,15-16H,3,8-13H2,1-2H3,(H,20,24). The van der Waals surface area contributed by atoms with Gasteiger partial charge >= 0.3 is 0 Å². The number of aryl methyl sites for hydroxylation is 1. The van der Waals surface area contributed by atoms with Gasteiger partial charge in [-0.3, -0.25) is 9.59 Å². The van der Waals surface area contributed by atoms with E-state index in [0.29, 0.717) is 32.5 Å². The molecule has 1 atom stereocenters. The Bertz CT molecular complexity index is 799. The van der Waals surface area contributed by atoms with Crippen molar-refractivity contribution in [2.75, 3.05) is 30.3 Å². The SMILES string of the molecule is CCS(=O)(=O)N1CCC(NC(=O)C2CC(=O)N(c3ccc(C)cc3)C2)CC1. The zero-order chi connectivity index (χ0) is 19.6. The largest absolute Gasteiger partial charge is 0.353 e. The minimum Gasteiger partial charge on any atom is -0.353 e. The average molecular weight is 394 g/mol. The van der Waals surface area contributed by atoms with Crippen LogP contribution in [0, 0.1) is 12.8 Å². The first kappa shape index (κ1) is 19.8. The summed E-state index contributed by atoms with van der Waals surface area (Å²) in [5, 5.41) is 3.01. The maximum absolute atomic E-state index is 12.6. The normalized spacial score (nSPS) is 22.2. The Balaban J connectivity index is 1.54. The van der Waals surface area contributed by atoms with E-state index in [-0.39, 0.29) is 35.9 Å². The van der Waals surface area contributed by atoms with E-state index in [1.165, 1.54) is 4.31 Å². The molecular formula is C19H27N3O4S. The molecule has 2 heterocycles. The summed E-state index contributed by atoms with van der Waals surface area (Å²) < 4.78 is 25.3. The van der Waals surface area contributed by atoms with Crippen molar-refractivity contribution in [1.82, 2.24) is 9.62 Å². The predicted octanol–water partition coefficient (Wildman–Crippen LogP) is 1.28. The molecule has 0 aromatic heterocycles. The third-order valence-electron chi connectivity index (χ3n) is 5.40. The van der Waals surface area contributed by atoms with E-state index in [1.54, 1.807) is 11.8 Å². The van der Waals surface area contributed by atoms with Crippen LogP contribution in [-0.2, 0) is 19.6 Å². The first-order chi connectivity index (χ1) is 12.8. The van der Waals surface area contributed by atoms with Crippen LogP contribution in [0.1, 0.15) is 31.7 Å². The summed E-state index contributed by atoms with van der Waals surface area (Å²) in [5.41, 5.74) is 1.94. The topological polar surface area (TPSA) is 86.8 Å². The fourth-order valence-electron chi connectivity index (χ4n) is 3.64. The highest BCUT2D eigenvalue weighted by Gasteiger charge is 2.36. The lowest BCUT2D eigenvalue weighted by atomic mass is 10.0. The molecule has 1 N–H and O–H groups in total. The van der Waals surface area contributed by atoms with Gasteiger partial charge in [0.15, 0.2) is 0 Å². The van der Waals surface area contributed by atoms with Gasteiger partial charge in [0.2, 0.25) is 21.8 Å². The monoisotopic (exact) mass is 393 g/mol. The van der Waals surface area contributed by atoms with Crippen molar-refractivity contribution in [2.45, 2.75) is 39.2 Å². The van der Waals surface area contributed by atoms with Gasteiger partial charge in [-0.25, -0.2) is 12.7 Å². The lowest BCUT2D eigenvalue weighted by Crippen LogP contribution is -2.48. The molecule has 8 heteroatoms. The third-order valence-corrected chi connectivity index (χ3v) is 7.28. The highest BCUT2D eigenvalue weighted by atomic mass is 32.2. The van der Waals surface area contributed by atoms with E-state index >= 15 is 0 Å². The number of hydrogen-bond donors (Lipinski definition) is 1. The summed E-state index contributed by atoms with van der Waals surface area (Å²) in [7, 11) is -3.17. The second kappa shape index (κ2) is 7.98. The molecule has 7 nitrogen and oxygen atoms in total. The van der Waals surface area contributed by atoms with E-state index in [2.05, 4.69) is 5.32 Å². The Kier molecular flexibility index (Phi) is 5.86. The summed E-state index contributed by atoms with van der Waals surface area (Å²) in [6, 6.07) is 7.67. The number of amides is 2. The number of benzene rings is 1. The lowest BCUT2D eigenvalue weighted by molar-refractivity contribution is -0.127. The number of anilines is 1. The molecule has 0 aliphatic carbocycles. The van der Waals surface area contributed by atoms with Crippen molar-refractivity contribution < 1.29 is 18.0 Å². The second-order valence-corrected chi connectivity index (χ2v) is 9.58. The van der Waals surface area contributed by atoms with E-state index in [0.717, 1.165) is 11.3 Å². The van der Waals surface area contributed by atoms with Gasteiger partial charge in [0.05, 0.1) is 11.7 Å². The summed E-state index contributed by atoms with van der Waals surface area (Å²) >= 11 is 0. The number of carbonyl (C=O) groups is 2. The maximum atomic E-state index is 12.6. The Morgan fingerprint density at radius 1 is 1.19 bits per heavy atom. The Morgan fingerprint density at radius 3 is 2.41 bits per heavy atom. The number of nitrogens with zero attached hydrogens (tertiary/aromatic N) is 2. The van der Waals surface area contributed by atoms with Crippen LogP contribution >= 0.6 is 0 Å². The molecule has 0 saturated carbocycles.